The quantitative estimate of drug-likeness (QED) is 0.296. The van der Waals surface area contributed by atoms with E-state index in [1.54, 1.807) is 23.1 Å². The molecule has 30 heavy (non-hydrogen) atoms. The van der Waals surface area contributed by atoms with Gasteiger partial charge >= 0.3 is 0 Å². The highest BCUT2D eigenvalue weighted by Crippen LogP contribution is 2.38. The Bertz CT molecular complexity index is 1160. The van der Waals surface area contributed by atoms with Gasteiger partial charge in [-0.25, -0.2) is 0 Å². The second-order valence-corrected chi connectivity index (χ2v) is 9.16. The van der Waals surface area contributed by atoms with Gasteiger partial charge in [-0.05, 0) is 47.0 Å². The summed E-state index contributed by atoms with van der Waals surface area (Å²) in [4.78, 5) is 14.5. The molecule has 1 aliphatic heterocycles. The number of nitrogens with zero attached hydrogens (tertiary/aromatic N) is 1. The van der Waals surface area contributed by atoms with Gasteiger partial charge in [-0.3, -0.25) is 9.69 Å². The normalized spacial score (nSPS) is 15.4. The zero-order valence-corrected chi connectivity index (χ0v) is 19.2. The zero-order chi connectivity index (χ0) is 21.3. The Morgan fingerprint density at radius 1 is 1.10 bits per heavy atom. The fourth-order valence-electron chi connectivity index (χ4n) is 3.29. The highest BCUT2D eigenvalue weighted by molar-refractivity contribution is 8.26. The van der Waals surface area contributed by atoms with Crippen LogP contribution in [-0.4, -0.2) is 21.7 Å². The van der Waals surface area contributed by atoms with Crippen molar-refractivity contribution in [2.45, 2.75) is 13.5 Å². The molecule has 0 N–H and O–H groups in total. The molecule has 0 aliphatic carbocycles. The van der Waals surface area contributed by atoms with Crippen LogP contribution in [0.2, 0.25) is 10.0 Å². The zero-order valence-electron chi connectivity index (χ0n) is 16.0. The molecule has 152 valence electrons. The minimum atomic E-state index is -0.101. The first-order chi connectivity index (χ1) is 14.5. The Hall–Kier alpha value is -2.05. The van der Waals surface area contributed by atoms with Gasteiger partial charge in [-0.15, -0.1) is 0 Å². The molecule has 0 atom stereocenters. The predicted octanol–water partition coefficient (Wildman–Crippen LogP) is 6.95. The third-order valence-electron chi connectivity index (χ3n) is 4.76. The number of halogens is 2. The molecule has 0 radical (unpaired) electrons. The molecule has 7 heteroatoms. The van der Waals surface area contributed by atoms with Gasteiger partial charge in [-0.2, -0.15) is 0 Å². The fourth-order valence-corrected chi connectivity index (χ4v) is 5.29. The Morgan fingerprint density at radius 2 is 1.80 bits per heavy atom. The molecule has 1 aliphatic rings. The lowest BCUT2D eigenvalue weighted by Crippen LogP contribution is -2.27. The number of fused-ring (bicyclic) bond motifs is 1. The molecule has 1 heterocycles. The third-order valence-corrected chi connectivity index (χ3v) is 6.70. The Morgan fingerprint density at radius 3 is 2.50 bits per heavy atom. The summed E-state index contributed by atoms with van der Waals surface area (Å²) >= 11 is 19.4. The van der Waals surface area contributed by atoms with E-state index in [-0.39, 0.29) is 5.91 Å². The maximum atomic E-state index is 12.4. The first-order valence-electron chi connectivity index (χ1n) is 9.31. The van der Waals surface area contributed by atoms with Crippen LogP contribution >= 0.6 is 47.2 Å². The van der Waals surface area contributed by atoms with Gasteiger partial charge in [0.05, 0.1) is 15.0 Å². The lowest BCUT2D eigenvalue weighted by Gasteiger charge is -2.13. The van der Waals surface area contributed by atoms with Crippen molar-refractivity contribution < 1.29 is 9.53 Å². The van der Waals surface area contributed by atoms with Gasteiger partial charge in [-0.1, -0.05) is 89.6 Å². The second kappa shape index (κ2) is 8.98. The Kier molecular flexibility index (Phi) is 6.34. The first kappa shape index (κ1) is 21.2. The summed E-state index contributed by atoms with van der Waals surface area (Å²) in [6, 6.07) is 17.7. The third kappa shape index (κ3) is 4.21. The number of hydrogen-bond donors (Lipinski definition) is 0. The maximum absolute atomic E-state index is 12.4. The monoisotopic (exact) mass is 473 g/mol. The molecule has 3 aromatic carbocycles. The van der Waals surface area contributed by atoms with Crippen molar-refractivity contribution in [3.63, 3.8) is 0 Å². The largest absolute Gasteiger partial charge is 0.486 e. The topological polar surface area (TPSA) is 29.5 Å². The molecule has 3 aromatic rings. The van der Waals surface area contributed by atoms with E-state index in [0.717, 1.165) is 21.9 Å². The van der Waals surface area contributed by atoms with E-state index in [1.807, 2.05) is 31.2 Å². The molecule has 0 saturated carbocycles. The van der Waals surface area contributed by atoms with Gasteiger partial charge in [0.15, 0.2) is 5.75 Å². The number of thiocarbonyl (C=S) groups is 1. The highest BCUT2D eigenvalue weighted by Gasteiger charge is 2.30. The molecule has 1 saturated heterocycles. The summed E-state index contributed by atoms with van der Waals surface area (Å²) in [6.45, 7) is 2.78. The number of likely N-dealkylation sites (N-methyl/N-ethyl adjacent to an activating group) is 1. The van der Waals surface area contributed by atoms with Crippen molar-refractivity contribution in [1.29, 1.82) is 0 Å². The van der Waals surface area contributed by atoms with Crippen LogP contribution in [0.4, 0.5) is 0 Å². The Labute approximate surface area is 194 Å². The van der Waals surface area contributed by atoms with Crippen molar-refractivity contribution in [2.75, 3.05) is 6.54 Å². The summed E-state index contributed by atoms with van der Waals surface area (Å²) in [5.41, 5.74) is 1.77. The second-order valence-electron chi connectivity index (χ2n) is 6.67. The van der Waals surface area contributed by atoms with E-state index in [2.05, 4.69) is 18.2 Å². The van der Waals surface area contributed by atoms with Crippen LogP contribution in [0.5, 0.6) is 5.75 Å². The minimum Gasteiger partial charge on any atom is -0.486 e. The van der Waals surface area contributed by atoms with Crippen LogP contribution < -0.4 is 4.74 Å². The number of hydrogen-bond acceptors (Lipinski definition) is 4. The molecule has 0 bridgehead atoms. The van der Waals surface area contributed by atoms with Gasteiger partial charge in [0.25, 0.3) is 5.91 Å². The summed E-state index contributed by atoms with van der Waals surface area (Å²) in [7, 11) is 0. The lowest BCUT2D eigenvalue weighted by atomic mass is 10.1. The lowest BCUT2D eigenvalue weighted by molar-refractivity contribution is -0.121. The van der Waals surface area contributed by atoms with Crippen molar-refractivity contribution in [3.05, 3.63) is 80.7 Å². The average molecular weight is 474 g/mol. The van der Waals surface area contributed by atoms with E-state index in [9.17, 15) is 4.79 Å². The van der Waals surface area contributed by atoms with Crippen LogP contribution in [0.25, 0.3) is 16.8 Å². The van der Waals surface area contributed by atoms with E-state index in [1.165, 1.54) is 11.8 Å². The van der Waals surface area contributed by atoms with E-state index in [0.29, 0.717) is 38.2 Å². The number of rotatable bonds is 5. The van der Waals surface area contributed by atoms with E-state index in [4.69, 9.17) is 40.2 Å². The summed E-state index contributed by atoms with van der Waals surface area (Å²) in [5.74, 6) is 0.320. The van der Waals surface area contributed by atoms with Crippen molar-refractivity contribution in [2.24, 2.45) is 0 Å². The number of ether oxygens (including phenoxy) is 1. The molecule has 3 nitrogen and oxygen atoms in total. The van der Waals surface area contributed by atoms with Crippen LogP contribution in [0.15, 0.2) is 59.5 Å². The number of thioether (sulfide) groups is 1. The van der Waals surface area contributed by atoms with Crippen molar-refractivity contribution in [1.82, 2.24) is 4.90 Å². The smallest absolute Gasteiger partial charge is 0.266 e. The molecule has 1 fully saturated rings. The molecule has 0 unspecified atom stereocenters. The van der Waals surface area contributed by atoms with Gasteiger partial charge in [0.2, 0.25) is 0 Å². The number of carbonyl (C=O) groups is 1. The number of benzene rings is 3. The first-order valence-corrected chi connectivity index (χ1v) is 11.3. The minimum absolute atomic E-state index is 0.101. The molecule has 0 aromatic heterocycles. The van der Waals surface area contributed by atoms with Crippen LogP contribution in [0.1, 0.15) is 18.1 Å². The summed E-state index contributed by atoms with van der Waals surface area (Å²) < 4.78 is 6.53. The van der Waals surface area contributed by atoms with Crippen LogP contribution in [0.3, 0.4) is 0 Å². The standard InChI is InChI=1S/C23H17Cl2NO2S2/c1-2-26-22(27)20(30-23(26)29)12-14-10-18(24)21(19(25)11-14)28-13-16-8-5-7-15-6-3-4-9-17(15)16/h3-12H,2,13H2,1H3/b20-12-. The van der Waals surface area contributed by atoms with Crippen molar-refractivity contribution >= 4 is 74.3 Å². The van der Waals surface area contributed by atoms with Gasteiger partial charge in [0, 0.05) is 6.54 Å². The molecular weight excluding hydrogens is 457 g/mol. The Balaban J connectivity index is 1.57. The van der Waals surface area contributed by atoms with Gasteiger partial charge in [0.1, 0.15) is 10.9 Å². The van der Waals surface area contributed by atoms with Crippen LogP contribution in [0, 0.1) is 0 Å². The van der Waals surface area contributed by atoms with Crippen LogP contribution in [-0.2, 0) is 11.4 Å². The number of amides is 1. The summed E-state index contributed by atoms with van der Waals surface area (Å²) in [5, 5.41) is 3.05. The SMILES string of the molecule is CCN1C(=O)/C(=C/c2cc(Cl)c(OCc3cccc4ccccc34)c(Cl)c2)SC1=S. The van der Waals surface area contributed by atoms with Crippen molar-refractivity contribution in [3.8, 4) is 5.75 Å². The maximum Gasteiger partial charge on any atom is 0.266 e. The van der Waals surface area contributed by atoms with Gasteiger partial charge < -0.3 is 4.74 Å². The average Bonchev–Trinajstić information content (AvgIpc) is 2.99. The fraction of sp³-hybridized carbons (Fsp3) is 0.130. The van der Waals surface area contributed by atoms with E-state index < -0.39 is 0 Å². The predicted molar refractivity (Wildman–Crippen MR) is 130 cm³/mol. The molecule has 4 rings (SSSR count). The number of carbonyl (C=O) groups excluding carboxylic acids is 1. The molecule has 0 spiro atoms. The van der Waals surface area contributed by atoms with E-state index >= 15 is 0 Å². The summed E-state index contributed by atoms with van der Waals surface area (Å²) in [6.07, 6.45) is 1.75. The molecule has 1 amide bonds. The highest BCUT2D eigenvalue weighted by atomic mass is 35.5. The molecular formula is C23H17Cl2NO2S2.